The SMILES string of the molecule is C[C@@H]1CCCCN1[C@@H](C)CNC(=O)N[C@@H]1CCS(=O)(=O)C1. The molecule has 0 saturated carbocycles. The molecule has 2 heterocycles. The molecule has 0 aromatic rings. The van der Waals surface area contributed by atoms with E-state index in [1.165, 1.54) is 19.3 Å². The molecule has 0 radical (unpaired) electrons. The van der Waals surface area contributed by atoms with Crippen LogP contribution in [0.1, 0.15) is 39.5 Å². The molecule has 2 amide bonds. The molecule has 2 aliphatic rings. The zero-order valence-electron chi connectivity index (χ0n) is 13.0. The van der Waals surface area contributed by atoms with Gasteiger partial charge in [0.15, 0.2) is 9.84 Å². The maximum Gasteiger partial charge on any atom is 0.315 e. The van der Waals surface area contributed by atoms with Gasteiger partial charge in [0.1, 0.15) is 0 Å². The van der Waals surface area contributed by atoms with Gasteiger partial charge in [-0.1, -0.05) is 6.42 Å². The van der Waals surface area contributed by atoms with Gasteiger partial charge in [0, 0.05) is 24.7 Å². The Kier molecular flexibility index (Phi) is 5.48. The van der Waals surface area contributed by atoms with Gasteiger partial charge in [-0.25, -0.2) is 13.2 Å². The van der Waals surface area contributed by atoms with Crippen LogP contribution >= 0.6 is 0 Å². The number of hydrogen-bond acceptors (Lipinski definition) is 4. The zero-order valence-corrected chi connectivity index (χ0v) is 13.8. The molecule has 122 valence electrons. The van der Waals surface area contributed by atoms with Crippen molar-refractivity contribution < 1.29 is 13.2 Å². The Morgan fingerprint density at radius 3 is 2.71 bits per heavy atom. The largest absolute Gasteiger partial charge is 0.337 e. The van der Waals surface area contributed by atoms with E-state index in [2.05, 4.69) is 29.4 Å². The fourth-order valence-corrected chi connectivity index (χ4v) is 4.95. The van der Waals surface area contributed by atoms with E-state index in [0.717, 1.165) is 6.54 Å². The molecular weight excluding hydrogens is 290 g/mol. The molecule has 3 atom stereocenters. The summed E-state index contributed by atoms with van der Waals surface area (Å²) in [6, 6.07) is 0.379. The number of rotatable bonds is 4. The van der Waals surface area contributed by atoms with Gasteiger partial charge in [0.25, 0.3) is 0 Å². The first-order valence-electron chi connectivity index (χ1n) is 7.88. The van der Waals surface area contributed by atoms with Gasteiger partial charge >= 0.3 is 6.03 Å². The summed E-state index contributed by atoms with van der Waals surface area (Å²) in [7, 11) is -2.95. The molecule has 21 heavy (non-hydrogen) atoms. The first-order valence-corrected chi connectivity index (χ1v) is 9.70. The number of piperidine rings is 1. The highest BCUT2D eigenvalue weighted by molar-refractivity contribution is 7.91. The van der Waals surface area contributed by atoms with Crippen LogP contribution in [-0.2, 0) is 9.84 Å². The molecule has 0 bridgehead atoms. The van der Waals surface area contributed by atoms with Gasteiger partial charge in [-0.2, -0.15) is 0 Å². The Bertz CT molecular complexity index is 466. The van der Waals surface area contributed by atoms with E-state index in [9.17, 15) is 13.2 Å². The van der Waals surface area contributed by atoms with Crippen LogP contribution in [0.3, 0.4) is 0 Å². The molecule has 0 spiro atoms. The Labute approximate surface area is 127 Å². The maximum absolute atomic E-state index is 11.8. The molecule has 0 unspecified atom stereocenters. The normalized spacial score (nSPS) is 30.8. The molecule has 0 aromatic heterocycles. The van der Waals surface area contributed by atoms with Crippen LogP contribution < -0.4 is 10.6 Å². The van der Waals surface area contributed by atoms with Crippen molar-refractivity contribution in [2.45, 2.75) is 57.7 Å². The summed E-state index contributed by atoms with van der Waals surface area (Å²) in [5, 5.41) is 5.62. The number of nitrogens with zero attached hydrogens (tertiary/aromatic N) is 1. The predicted octanol–water partition coefficient (Wildman–Crippen LogP) is 0.736. The van der Waals surface area contributed by atoms with E-state index in [0.29, 0.717) is 25.0 Å². The van der Waals surface area contributed by atoms with Crippen molar-refractivity contribution in [1.82, 2.24) is 15.5 Å². The molecule has 2 aliphatic heterocycles. The lowest BCUT2D eigenvalue weighted by atomic mass is 10.0. The van der Waals surface area contributed by atoms with E-state index in [4.69, 9.17) is 0 Å². The van der Waals surface area contributed by atoms with E-state index in [1.807, 2.05) is 0 Å². The average Bonchev–Trinajstić information content (AvgIpc) is 2.75. The summed E-state index contributed by atoms with van der Waals surface area (Å²) in [5.74, 6) is 0.249. The smallest absolute Gasteiger partial charge is 0.315 e. The quantitative estimate of drug-likeness (QED) is 0.801. The third-order valence-corrected chi connectivity index (χ3v) is 6.31. The highest BCUT2D eigenvalue weighted by Gasteiger charge is 2.29. The molecule has 6 nitrogen and oxygen atoms in total. The van der Waals surface area contributed by atoms with Crippen LogP contribution in [0, 0.1) is 0 Å². The Hall–Kier alpha value is -0.820. The topological polar surface area (TPSA) is 78.5 Å². The highest BCUT2D eigenvalue weighted by atomic mass is 32.2. The molecular formula is C14H27N3O3S. The Morgan fingerprint density at radius 1 is 1.33 bits per heavy atom. The van der Waals surface area contributed by atoms with Crippen LogP contribution in [0.15, 0.2) is 0 Å². The second kappa shape index (κ2) is 6.96. The van der Waals surface area contributed by atoms with Crippen LogP contribution in [0.4, 0.5) is 4.79 Å². The molecule has 7 heteroatoms. The third kappa shape index (κ3) is 4.85. The third-order valence-electron chi connectivity index (χ3n) is 4.55. The number of likely N-dealkylation sites (tertiary alicyclic amines) is 1. The number of amides is 2. The molecule has 2 N–H and O–H groups in total. The minimum Gasteiger partial charge on any atom is -0.337 e. The van der Waals surface area contributed by atoms with Crippen molar-refractivity contribution in [3.05, 3.63) is 0 Å². The fraction of sp³-hybridized carbons (Fsp3) is 0.929. The van der Waals surface area contributed by atoms with Gasteiger partial charge in [-0.05, 0) is 39.7 Å². The molecule has 2 saturated heterocycles. The lowest BCUT2D eigenvalue weighted by molar-refractivity contribution is 0.114. The average molecular weight is 317 g/mol. The van der Waals surface area contributed by atoms with Crippen molar-refractivity contribution in [3.63, 3.8) is 0 Å². The summed E-state index contributed by atoms with van der Waals surface area (Å²) >= 11 is 0. The zero-order chi connectivity index (χ0) is 15.5. The summed E-state index contributed by atoms with van der Waals surface area (Å²) in [6.07, 6.45) is 4.25. The summed E-state index contributed by atoms with van der Waals surface area (Å²) < 4.78 is 22.7. The summed E-state index contributed by atoms with van der Waals surface area (Å²) in [5.41, 5.74) is 0. The summed E-state index contributed by atoms with van der Waals surface area (Å²) in [6.45, 7) is 6.05. The first kappa shape index (κ1) is 16.5. The van der Waals surface area contributed by atoms with Gasteiger partial charge in [0.2, 0.25) is 0 Å². The van der Waals surface area contributed by atoms with Gasteiger partial charge in [0.05, 0.1) is 11.5 Å². The van der Waals surface area contributed by atoms with E-state index in [-0.39, 0.29) is 23.6 Å². The van der Waals surface area contributed by atoms with E-state index in [1.54, 1.807) is 0 Å². The number of carbonyl (C=O) groups is 1. The Balaban J connectivity index is 1.71. The lowest BCUT2D eigenvalue weighted by Gasteiger charge is -2.38. The second-order valence-electron chi connectivity index (χ2n) is 6.39. The molecule has 0 aliphatic carbocycles. The molecule has 0 aromatic carbocycles. The van der Waals surface area contributed by atoms with Crippen molar-refractivity contribution in [2.75, 3.05) is 24.6 Å². The minimum absolute atomic E-state index is 0.0686. The van der Waals surface area contributed by atoms with Crippen molar-refractivity contribution in [3.8, 4) is 0 Å². The van der Waals surface area contributed by atoms with E-state index < -0.39 is 9.84 Å². The maximum atomic E-state index is 11.8. The van der Waals surface area contributed by atoms with Crippen LogP contribution in [0.2, 0.25) is 0 Å². The van der Waals surface area contributed by atoms with Crippen molar-refractivity contribution in [1.29, 1.82) is 0 Å². The van der Waals surface area contributed by atoms with Crippen molar-refractivity contribution >= 4 is 15.9 Å². The highest BCUT2D eigenvalue weighted by Crippen LogP contribution is 2.18. The van der Waals surface area contributed by atoms with Crippen LogP contribution in [-0.4, -0.2) is 62.1 Å². The monoisotopic (exact) mass is 317 g/mol. The number of hydrogen-bond donors (Lipinski definition) is 2. The second-order valence-corrected chi connectivity index (χ2v) is 8.61. The number of sulfone groups is 1. The van der Waals surface area contributed by atoms with E-state index >= 15 is 0 Å². The van der Waals surface area contributed by atoms with Gasteiger partial charge in [-0.15, -0.1) is 0 Å². The minimum atomic E-state index is -2.95. The van der Waals surface area contributed by atoms with Crippen LogP contribution in [0.5, 0.6) is 0 Å². The summed E-state index contributed by atoms with van der Waals surface area (Å²) in [4.78, 5) is 14.3. The standard InChI is InChI=1S/C14H27N3O3S/c1-11-5-3-4-7-17(11)12(2)9-15-14(18)16-13-6-8-21(19,20)10-13/h11-13H,3-10H2,1-2H3,(H2,15,16,18)/t11-,12+,13-/m1/s1. The number of nitrogens with one attached hydrogen (secondary N) is 2. The lowest BCUT2D eigenvalue weighted by Crippen LogP contribution is -2.51. The number of urea groups is 1. The van der Waals surface area contributed by atoms with Crippen molar-refractivity contribution in [2.24, 2.45) is 0 Å². The van der Waals surface area contributed by atoms with Gasteiger partial charge in [-0.3, -0.25) is 4.90 Å². The first-order chi connectivity index (χ1) is 9.87. The predicted molar refractivity (Wildman–Crippen MR) is 83.1 cm³/mol. The Morgan fingerprint density at radius 2 is 2.10 bits per heavy atom. The molecule has 2 fully saturated rings. The fourth-order valence-electron chi connectivity index (χ4n) is 3.28. The van der Waals surface area contributed by atoms with Gasteiger partial charge < -0.3 is 10.6 Å². The number of carbonyl (C=O) groups excluding carboxylic acids is 1. The molecule has 2 rings (SSSR count). The van der Waals surface area contributed by atoms with Crippen LogP contribution in [0.25, 0.3) is 0 Å².